The van der Waals surface area contributed by atoms with E-state index in [-0.39, 0.29) is 17.7 Å². The molecule has 0 aliphatic carbocycles. The van der Waals surface area contributed by atoms with Gasteiger partial charge in [0.2, 0.25) is 11.8 Å². The SMILES string of the molecule is CCCCCC(=O)N(C/C=C/c1ccccc1OC)CCN1CCN(C(=O)C(C)C)CC1. The maximum atomic E-state index is 12.9. The van der Waals surface area contributed by atoms with E-state index >= 15 is 0 Å². The molecule has 0 N–H and O–H groups in total. The van der Waals surface area contributed by atoms with Gasteiger partial charge in [0.25, 0.3) is 0 Å². The molecule has 0 aromatic heterocycles. The van der Waals surface area contributed by atoms with Crippen molar-refractivity contribution in [1.82, 2.24) is 14.7 Å². The second kappa shape index (κ2) is 13.9. The quantitative estimate of drug-likeness (QED) is 0.460. The largest absolute Gasteiger partial charge is 0.496 e. The molecule has 1 fully saturated rings. The molecule has 6 heteroatoms. The first-order valence-electron chi connectivity index (χ1n) is 12.0. The molecule has 0 saturated carbocycles. The minimum Gasteiger partial charge on any atom is -0.496 e. The summed E-state index contributed by atoms with van der Waals surface area (Å²) in [6, 6.07) is 7.89. The minimum atomic E-state index is 0.0489. The molecule has 0 atom stereocenters. The average molecular weight is 444 g/mol. The number of carbonyl (C=O) groups is 2. The molecule has 1 saturated heterocycles. The number of hydrogen-bond acceptors (Lipinski definition) is 4. The van der Waals surface area contributed by atoms with Gasteiger partial charge in [0.15, 0.2) is 0 Å². The number of hydrogen-bond donors (Lipinski definition) is 0. The lowest BCUT2D eigenvalue weighted by Gasteiger charge is -2.36. The maximum Gasteiger partial charge on any atom is 0.225 e. The summed E-state index contributed by atoms with van der Waals surface area (Å²) >= 11 is 0. The first kappa shape index (κ1) is 25.9. The van der Waals surface area contributed by atoms with Crippen LogP contribution < -0.4 is 4.74 Å². The molecule has 2 rings (SSSR count). The number of carbonyl (C=O) groups excluding carboxylic acids is 2. The van der Waals surface area contributed by atoms with Crippen molar-refractivity contribution in [2.45, 2.75) is 46.5 Å². The third-order valence-electron chi connectivity index (χ3n) is 5.97. The van der Waals surface area contributed by atoms with Crippen LogP contribution in [0.3, 0.4) is 0 Å². The Morgan fingerprint density at radius 1 is 1.12 bits per heavy atom. The van der Waals surface area contributed by atoms with Crippen molar-refractivity contribution in [1.29, 1.82) is 0 Å². The predicted molar refractivity (Wildman–Crippen MR) is 131 cm³/mol. The van der Waals surface area contributed by atoms with Gasteiger partial charge in [-0.05, 0) is 12.5 Å². The van der Waals surface area contributed by atoms with Crippen molar-refractivity contribution >= 4 is 17.9 Å². The monoisotopic (exact) mass is 443 g/mol. The number of amides is 2. The van der Waals surface area contributed by atoms with E-state index in [1.54, 1.807) is 7.11 Å². The molecular formula is C26H41N3O3. The molecule has 0 unspecified atom stereocenters. The summed E-state index contributed by atoms with van der Waals surface area (Å²) in [6.07, 6.45) is 7.82. The van der Waals surface area contributed by atoms with Gasteiger partial charge in [0.1, 0.15) is 5.75 Å². The molecule has 1 aliphatic rings. The number of piperazine rings is 1. The van der Waals surface area contributed by atoms with Crippen LogP contribution >= 0.6 is 0 Å². The maximum absolute atomic E-state index is 12.9. The fraction of sp³-hybridized carbons (Fsp3) is 0.615. The Labute approximate surface area is 194 Å². The lowest BCUT2D eigenvalue weighted by Crippen LogP contribution is -2.51. The predicted octanol–water partition coefficient (Wildman–Crippen LogP) is 3.92. The lowest BCUT2D eigenvalue weighted by atomic mass is 10.1. The highest BCUT2D eigenvalue weighted by Gasteiger charge is 2.23. The highest BCUT2D eigenvalue weighted by Crippen LogP contribution is 2.18. The van der Waals surface area contributed by atoms with Crippen LogP contribution in [0.25, 0.3) is 6.08 Å². The highest BCUT2D eigenvalue weighted by atomic mass is 16.5. The van der Waals surface area contributed by atoms with Crippen molar-refractivity contribution in [2.24, 2.45) is 5.92 Å². The summed E-state index contributed by atoms with van der Waals surface area (Å²) in [7, 11) is 1.67. The van der Waals surface area contributed by atoms with E-state index in [1.807, 2.05) is 54.0 Å². The van der Waals surface area contributed by atoms with E-state index in [0.29, 0.717) is 19.5 Å². The molecule has 1 aromatic rings. The van der Waals surface area contributed by atoms with Gasteiger partial charge in [-0.2, -0.15) is 0 Å². The first-order valence-corrected chi connectivity index (χ1v) is 12.0. The summed E-state index contributed by atoms with van der Waals surface area (Å²) in [4.78, 5) is 31.4. The molecule has 0 spiro atoms. The second-order valence-electron chi connectivity index (χ2n) is 8.76. The number of benzene rings is 1. The zero-order valence-electron chi connectivity index (χ0n) is 20.4. The van der Waals surface area contributed by atoms with E-state index in [2.05, 4.69) is 17.9 Å². The van der Waals surface area contributed by atoms with Crippen LogP contribution in [0.4, 0.5) is 0 Å². The van der Waals surface area contributed by atoms with Crippen molar-refractivity contribution in [3.63, 3.8) is 0 Å². The summed E-state index contributed by atoms with van der Waals surface area (Å²) in [5, 5.41) is 0. The van der Waals surface area contributed by atoms with Crippen molar-refractivity contribution in [2.75, 3.05) is 52.9 Å². The Morgan fingerprint density at radius 3 is 2.50 bits per heavy atom. The van der Waals surface area contributed by atoms with Crippen LogP contribution in [0.15, 0.2) is 30.3 Å². The Hall–Kier alpha value is -2.34. The third kappa shape index (κ3) is 8.30. The fourth-order valence-corrected chi connectivity index (χ4v) is 3.93. The Morgan fingerprint density at radius 2 is 1.84 bits per heavy atom. The van der Waals surface area contributed by atoms with Crippen molar-refractivity contribution in [3.8, 4) is 5.75 Å². The number of rotatable bonds is 12. The fourth-order valence-electron chi connectivity index (χ4n) is 3.93. The van der Waals surface area contributed by atoms with Crippen molar-refractivity contribution in [3.05, 3.63) is 35.9 Å². The molecule has 1 aliphatic heterocycles. The van der Waals surface area contributed by atoms with Crippen LogP contribution in [-0.4, -0.2) is 79.4 Å². The first-order chi connectivity index (χ1) is 15.5. The number of methoxy groups -OCH3 is 1. The zero-order valence-corrected chi connectivity index (χ0v) is 20.4. The van der Waals surface area contributed by atoms with Gasteiger partial charge in [-0.3, -0.25) is 14.5 Å². The number of para-hydroxylation sites is 1. The van der Waals surface area contributed by atoms with Crippen LogP contribution in [0.2, 0.25) is 0 Å². The standard InChI is InChI=1S/C26H41N3O3/c1-5-6-7-14-25(30)28(15-10-12-23-11-8-9-13-24(23)32-4)19-16-27-17-20-29(21-18-27)26(31)22(2)3/h8-13,22H,5-7,14-21H2,1-4H3/b12-10+. The zero-order chi connectivity index (χ0) is 23.3. The second-order valence-corrected chi connectivity index (χ2v) is 8.76. The Bertz CT molecular complexity index is 740. The number of unbranched alkanes of at least 4 members (excludes halogenated alkanes) is 2. The molecule has 178 valence electrons. The van der Waals surface area contributed by atoms with Gasteiger partial charge < -0.3 is 14.5 Å². The molecule has 6 nitrogen and oxygen atoms in total. The summed E-state index contributed by atoms with van der Waals surface area (Å²) < 4.78 is 5.42. The van der Waals surface area contributed by atoms with E-state index in [4.69, 9.17) is 4.74 Å². The van der Waals surface area contributed by atoms with Crippen LogP contribution in [0.5, 0.6) is 5.75 Å². The highest BCUT2D eigenvalue weighted by molar-refractivity contribution is 5.78. The molecule has 32 heavy (non-hydrogen) atoms. The van der Waals surface area contributed by atoms with Crippen molar-refractivity contribution < 1.29 is 14.3 Å². The van der Waals surface area contributed by atoms with E-state index in [9.17, 15) is 9.59 Å². The topological polar surface area (TPSA) is 53.1 Å². The van der Waals surface area contributed by atoms with Gasteiger partial charge >= 0.3 is 0 Å². The van der Waals surface area contributed by atoms with E-state index in [0.717, 1.165) is 63.3 Å². The van der Waals surface area contributed by atoms with Gasteiger partial charge in [0, 0.05) is 63.7 Å². The Kier molecular flexibility index (Phi) is 11.3. The van der Waals surface area contributed by atoms with E-state index < -0.39 is 0 Å². The molecule has 1 heterocycles. The van der Waals surface area contributed by atoms with Crippen LogP contribution in [-0.2, 0) is 9.59 Å². The normalized spacial score (nSPS) is 14.8. The van der Waals surface area contributed by atoms with Crippen LogP contribution in [0, 0.1) is 5.92 Å². The molecule has 1 aromatic carbocycles. The third-order valence-corrected chi connectivity index (χ3v) is 5.97. The van der Waals surface area contributed by atoms with Gasteiger partial charge in [0.05, 0.1) is 7.11 Å². The molecule has 2 amide bonds. The smallest absolute Gasteiger partial charge is 0.225 e. The van der Waals surface area contributed by atoms with Gasteiger partial charge in [-0.1, -0.05) is 64.0 Å². The average Bonchev–Trinajstić information content (AvgIpc) is 2.81. The molecule has 0 radical (unpaired) electrons. The Balaban J connectivity index is 1.91. The molecule has 0 bridgehead atoms. The number of nitrogens with zero attached hydrogens (tertiary/aromatic N) is 3. The molecular weight excluding hydrogens is 402 g/mol. The van der Waals surface area contributed by atoms with Gasteiger partial charge in [-0.25, -0.2) is 0 Å². The van der Waals surface area contributed by atoms with Crippen LogP contribution in [0.1, 0.15) is 52.0 Å². The summed E-state index contributed by atoms with van der Waals surface area (Å²) in [5.41, 5.74) is 1.01. The van der Waals surface area contributed by atoms with Gasteiger partial charge in [-0.15, -0.1) is 0 Å². The lowest BCUT2D eigenvalue weighted by molar-refractivity contribution is -0.136. The summed E-state index contributed by atoms with van der Waals surface area (Å²) in [6.45, 7) is 11.5. The summed E-state index contributed by atoms with van der Waals surface area (Å²) in [5.74, 6) is 1.34. The van der Waals surface area contributed by atoms with E-state index in [1.165, 1.54) is 0 Å². The number of ether oxygens (including phenoxy) is 1. The minimum absolute atomic E-state index is 0.0489.